The third-order valence-corrected chi connectivity index (χ3v) is 4.68. The molecule has 0 radical (unpaired) electrons. The fourth-order valence-electron chi connectivity index (χ4n) is 3.09. The minimum atomic E-state index is -0.423. The van der Waals surface area contributed by atoms with Crippen molar-refractivity contribution in [1.82, 2.24) is 5.32 Å². The van der Waals surface area contributed by atoms with E-state index in [9.17, 15) is 9.59 Å². The summed E-state index contributed by atoms with van der Waals surface area (Å²) in [4.78, 5) is 23.3. The first kappa shape index (κ1) is 19.1. The first-order chi connectivity index (χ1) is 12.0. The van der Waals surface area contributed by atoms with Crippen LogP contribution in [-0.2, 0) is 14.3 Å². The largest absolute Gasteiger partial charge is 0.482 e. The highest BCUT2D eigenvalue weighted by atomic mass is 16.6. The number of anilines is 1. The lowest BCUT2D eigenvalue weighted by Crippen LogP contribution is -2.43. The number of methoxy groups -OCH3 is 1. The Hall–Kier alpha value is -2.24. The summed E-state index contributed by atoms with van der Waals surface area (Å²) in [5.74, 6) is 0.734. The van der Waals surface area contributed by atoms with Crippen LogP contribution >= 0.6 is 0 Å². The first-order valence-corrected chi connectivity index (χ1v) is 8.83. The van der Waals surface area contributed by atoms with Crippen LogP contribution in [0.15, 0.2) is 18.2 Å². The zero-order valence-electron chi connectivity index (χ0n) is 15.3. The predicted octanol–water partition coefficient (Wildman–Crippen LogP) is 2.65. The normalized spacial score (nSPS) is 19.8. The molecule has 0 aromatic heterocycles. The van der Waals surface area contributed by atoms with Gasteiger partial charge >= 0.3 is 5.97 Å². The molecule has 6 nitrogen and oxygen atoms in total. The van der Waals surface area contributed by atoms with Gasteiger partial charge < -0.3 is 20.1 Å². The molecular weight excluding hydrogens is 320 g/mol. The van der Waals surface area contributed by atoms with E-state index in [1.807, 2.05) is 19.1 Å². The van der Waals surface area contributed by atoms with Gasteiger partial charge in [0.1, 0.15) is 5.75 Å². The van der Waals surface area contributed by atoms with E-state index in [4.69, 9.17) is 4.74 Å². The van der Waals surface area contributed by atoms with Crippen LogP contribution in [0.25, 0.3) is 0 Å². The van der Waals surface area contributed by atoms with E-state index in [1.54, 1.807) is 6.07 Å². The Morgan fingerprint density at radius 3 is 2.68 bits per heavy atom. The van der Waals surface area contributed by atoms with Crippen LogP contribution in [0.2, 0.25) is 0 Å². The quantitative estimate of drug-likeness (QED) is 0.741. The fraction of sp³-hybridized carbons (Fsp3) is 0.579. The summed E-state index contributed by atoms with van der Waals surface area (Å²) in [6.07, 6.45) is 4.70. The number of ether oxygens (including phenoxy) is 2. The highest BCUT2D eigenvalue weighted by Gasteiger charge is 2.22. The second-order valence-corrected chi connectivity index (χ2v) is 6.63. The Morgan fingerprint density at radius 2 is 2.00 bits per heavy atom. The third-order valence-electron chi connectivity index (χ3n) is 4.68. The fourth-order valence-corrected chi connectivity index (χ4v) is 3.09. The van der Waals surface area contributed by atoms with E-state index in [1.165, 1.54) is 26.4 Å². The van der Waals surface area contributed by atoms with Gasteiger partial charge in [0.05, 0.1) is 13.7 Å². The Kier molecular flexibility index (Phi) is 7.10. The topological polar surface area (TPSA) is 76.7 Å². The minimum absolute atomic E-state index is 0.0177. The first-order valence-electron chi connectivity index (χ1n) is 8.83. The van der Waals surface area contributed by atoms with E-state index >= 15 is 0 Å². The number of aryl methyl sites for hydroxylation is 1. The highest BCUT2D eigenvalue weighted by molar-refractivity contribution is 5.81. The number of carbonyl (C=O) groups is 2. The molecule has 0 saturated heterocycles. The van der Waals surface area contributed by atoms with Crippen LogP contribution < -0.4 is 15.4 Å². The Morgan fingerprint density at radius 1 is 1.24 bits per heavy atom. The van der Waals surface area contributed by atoms with Crippen LogP contribution in [-0.4, -0.2) is 38.2 Å². The lowest BCUT2D eigenvalue weighted by molar-refractivity contribution is -0.142. The molecule has 6 heteroatoms. The third kappa shape index (κ3) is 5.96. The van der Waals surface area contributed by atoms with Gasteiger partial charge in [-0.1, -0.05) is 19.8 Å². The number of amides is 1. The Balaban J connectivity index is 1.81. The average Bonchev–Trinajstić information content (AvgIpc) is 2.60. The number of rotatable bonds is 7. The molecule has 0 spiro atoms. The molecule has 0 aliphatic heterocycles. The van der Waals surface area contributed by atoms with Crippen molar-refractivity contribution < 1.29 is 19.1 Å². The summed E-state index contributed by atoms with van der Waals surface area (Å²) in [5.41, 5.74) is 1.82. The van der Waals surface area contributed by atoms with Gasteiger partial charge in [0.15, 0.2) is 6.61 Å². The second kappa shape index (κ2) is 9.30. The molecule has 1 saturated carbocycles. The van der Waals surface area contributed by atoms with E-state index in [2.05, 4.69) is 22.3 Å². The summed E-state index contributed by atoms with van der Waals surface area (Å²) in [7, 11) is 1.32. The Labute approximate surface area is 149 Å². The minimum Gasteiger partial charge on any atom is -0.482 e. The van der Waals surface area contributed by atoms with Crippen LogP contribution in [0.4, 0.5) is 5.69 Å². The lowest BCUT2D eigenvalue weighted by atomic mass is 9.86. The van der Waals surface area contributed by atoms with Gasteiger partial charge in [-0.25, -0.2) is 4.79 Å². The number of carbonyl (C=O) groups excluding carboxylic acids is 2. The van der Waals surface area contributed by atoms with Crippen LogP contribution in [0.3, 0.4) is 0 Å². The predicted molar refractivity (Wildman–Crippen MR) is 96.7 cm³/mol. The lowest BCUT2D eigenvalue weighted by Gasteiger charge is -2.29. The molecular formula is C19H28N2O4. The molecule has 1 aliphatic carbocycles. The molecule has 1 fully saturated rings. The number of hydrogen-bond donors (Lipinski definition) is 2. The molecule has 1 amide bonds. The van der Waals surface area contributed by atoms with Crippen molar-refractivity contribution in [2.24, 2.45) is 5.92 Å². The van der Waals surface area contributed by atoms with Gasteiger partial charge in [0.2, 0.25) is 5.91 Å². The van der Waals surface area contributed by atoms with Crippen LogP contribution in [0.1, 0.15) is 38.2 Å². The van der Waals surface area contributed by atoms with Gasteiger partial charge in [0.25, 0.3) is 0 Å². The number of hydrogen-bond acceptors (Lipinski definition) is 5. The SMILES string of the molecule is COC(=O)COc1ccc(NCC(=O)N[C@@H]2CCCC[C@H]2C)c(C)c1. The molecule has 0 bridgehead atoms. The molecule has 0 unspecified atom stereocenters. The Bertz CT molecular complexity index is 603. The van der Waals surface area contributed by atoms with Crippen molar-refractivity contribution in [3.8, 4) is 5.75 Å². The summed E-state index contributed by atoms with van der Waals surface area (Å²) < 4.78 is 9.89. The molecule has 138 valence electrons. The monoisotopic (exact) mass is 348 g/mol. The maximum absolute atomic E-state index is 12.2. The number of esters is 1. The van der Waals surface area contributed by atoms with Crippen molar-refractivity contribution in [3.63, 3.8) is 0 Å². The standard InChI is InChI=1S/C19H28N2O4/c1-13-6-4-5-7-17(13)21-18(22)11-20-16-9-8-15(10-14(16)2)25-12-19(23)24-3/h8-10,13,17,20H,4-7,11-12H2,1-3H3,(H,21,22)/t13-,17-/m1/s1. The average molecular weight is 348 g/mol. The van der Waals surface area contributed by atoms with Gasteiger partial charge in [-0.05, 0) is 49.4 Å². The summed E-state index contributed by atoms with van der Waals surface area (Å²) in [6, 6.07) is 5.72. The summed E-state index contributed by atoms with van der Waals surface area (Å²) in [5, 5.41) is 6.29. The molecule has 2 atom stereocenters. The van der Waals surface area contributed by atoms with Gasteiger partial charge in [-0.2, -0.15) is 0 Å². The molecule has 0 heterocycles. The number of nitrogens with one attached hydrogen (secondary N) is 2. The van der Waals surface area contributed by atoms with Crippen LogP contribution in [0, 0.1) is 12.8 Å². The van der Waals surface area contributed by atoms with E-state index in [0.717, 1.165) is 17.7 Å². The molecule has 1 aliphatic rings. The maximum atomic E-state index is 12.2. The smallest absolute Gasteiger partial charge is 0.343 e. The van der Waals surface area contributed by atoms with Crippen molar-refractivity contribution in [3.05, 3.63) is 23.8 Å². The van der Waals surface area contributed by atoms with Gasteiger partial charge in [-0.3, -0.25) is 4.79 Å². The van der Waals surface area contributed by atoms with Gasteiger partial charge in [-0.15, -0.1) is 0 Å². The summed E-state index contributed by atoms with van der Waals surface area (Å²) in [6.45, 7) is 4.25. The van der Waals surface area contributed by atoms with Crippen molar-refractivity contribution in [2.75, 3.05) is 25.6 Å². The molecule has 1 aromatic rings. The summed E-state index contributed by atoms with van der Waals surface area (Å²) >= 11 is 0. The van der Waals surface area contributed by atoms with Crippen molar-refractivity contribution in [1.29, 1.82) is 0 Å². The van der Waals surface area contributed by atoms with Crippen LogP contribution in [0.5, 0.6) is 5.75 Å². The second-order valence-electron chi connectivity index (χ2n) is 6.63. The van der Waals surface area contributed by atoms with E-state index in [-0.39, 0.29) is 19.1 Å². The maximum Gasteiger partial charge on any atom is 0.343 e. The van der Waals surface area contributed by atoms with E-state index in [0.29, 0.717) is 17.7 Å². The molecule has 2 N–H and O–H groups in total. The zero-order valence-corrected chi connectivity index (χ0v) is 15.3. The number of benzene rings is 1. The molecule has 2 rings (SSSR count). The zero-order chi connectivity index (χ0) is 18.2. The molecule has 25 heavy (non-hydrogen) atoms. The molecule has 1 aromatic carbocycles. The van der Waals surface area contributed by atoms with Gasteiger partial charge in [0, 0.05) is 11.7 Å². The van der Waals surface area contributed by atoms with Crippen molar-refractivity contribution >= 4 is 17.6 Å². The van der Waals surface area contributed by atoms with E-state index < -0.39 is 5.97 Å². The highest BCUT2D eigenvalue weighted by Crippen LogP contribution is 2.24. The van der Waals surface area contributed by atoms with Crippen molar-refractivity contribution in [2.45, 2.75) is 45.6 Å².